The normalized spacial score (nSPS) is 13.0. The van der Waals surface area contributed by atoms with E-state index in [4.69, 9.17) is 0 Å². The molecule has 21 heavy (non-hydrogen) atoms. The summed E-state index contributed by atoms with van der Waals surface area (Å²) in [6, 6.07) is 15.1. The average Bonchev–Trinajstić information content (AvgIpc) is 2.96. The molecular weight excluding hydrogens is 276 g/mol. The van der Waals surface area contributed by atoms with Crippen LogP contribution in [0.3, 0.4) is 0 Å². The lowest BCUT2D eigenvalue weighted by Crippen LogP contribution is -2.07. The number of aryl methyl sites for hydroxylation is 1. The Kier molecular flexibility index (Phi) is 4.17. The van der Waals surface area contributed by atoms with E-state index in [2.05, 4.69) is 48.8 Å². The molecule has 1 aliphatic heterocycles. The van der Waals surface area contributed by atoms with Crippen molar-refractivity contribution in [2.45, 2.75) is 19.5 Å². The quantitative estimate of drug-likeness (QED) is 0.796. The van der Waals surface area contributed by atoms with Crippen LogP contribution in [0.4, 0.5) is 0 Å². The summed E-state index contributed by atoms with van der Waals surface area (Å²) in [5.41, 5.74) is 6.55. The molecule has 0 aliphatic carbocycles. The number of nitriles is 1. The van der Waals surface area contributed by atoms with E-state index in [0.29, 0.717) is 0 Å². The highest BCUT2D eigenvalue weighted by molar-refractivity contribution is 7.98. The van der Waals surface area contributed by atoms with Crippen LogP contribution in [0.25, 0.3) is 11.1 Å². The smallest absolute Gasteiger partial charge is 0.179 e. The van der Waals surface area contributed by atoms with Crippen LogP contribution in [-0.2, 0) is 19.5 Å². The number of fused-ring (bicyclic) bond motifs is 1. The van der Waals surface area contributed by atoms with E-state index in [9.17, 15) is 5.26 Å². The van der Waals surface area contributed by atoms with Crippen molar-refractivity contribution in [1.82, 2.24) is 4.90 Å². The fourth-order valence-corrected chi connectivity index (χ4v) is 3.33. The molecule has 0 amide bonds. The highest BCUT2D eigenvalue weighted by atomic mass is 32.2. The number of thioether (sulfide) groups is 1. The van der Waals surface area contributed by atoms with Crippen LogP contribution in [0.5, 0.6) is 0 Å². The molecule has 0 aromatic heterocycles. The largest absolute Gasteiger partial charge is 0.302 e. The maximum absolute atomic E-state index is 9.18. The van der Waals surface area contributed by atoms with Gasteiger partial charge in [-0.2, -0.15) is 17.0 Å². The van der Waals surface area contributed by atoms with Gasteiger partial charge in [-0.3, -0.25) is 0 Å². The summed E-state index contributed by atoms with van der Waals surface area (Å²) < 4.78 is 0. The van der Waals surface area contributed by atoms with Crippen molar-refractivity contribution in [2.24, 2.45) is 0 Å². The standard InChI is InChI=1S/C18H18N2S/c1-21-8-7-14-9-16-11-20(13-19)12-18(16)17(10-14)15-5-3-2-4-6-15/h2-6,9-10H,7-8,11-12H2,1H3. The summed E-state index contributed by atoms with van der Waals surface area (Å²) in [5, 5.41) is 9.18. The zero-order chi connectivity index (χ0) is 14.7. The Balaban J connectivity index is 2.06. The van der Waals surface area contributed by atoms with Crippen LogP contribution in [0.2, 0.25) is 0 Å². The number of nitrogens with zero attached hydrogens (tertiary/aromatic N) is 2. The van der Waals surface area contributed by atoms with Gasteiger partial charge >= 0.3 is 0 Å². The molecule has 2 aromatic carbocycles. The van der Waals surface area contributed by atoms with E-state index in [1.54, 1.807) is 0 Å². The number of hydrogen-bond donors (Lipinski definition) is 0. The third-order valence-electron chi connectivity index (χ3n) is 3.93. The monoisotopic (exact) mass is 294 g/mol. The Morgan fingerprint density at radius 3 is 2.71 bits per heavy atom. The summed E-state index contributed by atoms with van der Waals surface area (Å²) >= 11 is 1.87. The van der Waals surface area contributed by atoms with Crippen molar-refractivity contribution in [2.75, 3.05) is 12.0 Å². The van der Waals surface area contributed by atoms with Gasteiger partial charge in [-0.1, -0.05) is 42.5 Å². The van der Waals surface area contributed by atoms with Gasteiger partial charge in [-0.15, -0.1) is 0 Å². The van der Waals surface area contributed by atoms with Crippen molar-refractivity contribution < 1.29 is 0 Å². The molecule has 1 aliphatic rings. The Morgan fingerprint density at radius 2 is 2.00 bits per heavy atom. The Labute approximate surface area is 130 Å². The first-order valence-corrected chi connectivity index (χ1v) is 8.55. The molecule has 0 radical (unpaired) electrons. The van der Waals surface area contributed by atoms with E-state index in [0.717, 1.165) is 25.3 Å². The molecule has 0 atom stereocenters. The van der Waals surface area contributed by atoms with E-state index >= 15 is 0 Å². The summed E-state index contributed by atoms with van der Waals surface area (Å²) in [6.45, 7) is 1.48. The zero-order valence-electron chi connectivity index (χ0n) is 12.2. The van der Waals surface area contributed by atoms with Gasteiger partial charge in [0.05, 0.1) is 13.1 Å². The van der Waals surface area contributed by atoms with Crippen molar-refractivity contribution in [3.05, 3.63) is 59.2 Å². The minimum atomic E-state index is 0.735. The lowest BCUT2D eigenvalue weighted by Gasteiger charge is -2.11. The highest BCUT2D eigenvalue weighted by Gasteiger charge is 2.22. The molecule has 2 nitrogen and oxygen atoms in total. The van der Waals surface area contributed by atoms with Crippen molar-refractivity contribution in [1.29, 1.82) is 5.26 Å². The predicted octanol–water partition coefficient (Wildman–Crippen LogP) is 4.06. The first kappa shape index (κ1) is 14.0. The predicted molar refractivity (Wildman–Crippen MR) is 88.8 cm³/mol. The summed E-state index contributed by atoms with van der Waals surface area (Å²) in [7, 11) is 0. The van der Waals surface area contributed by atoms with Crippen molar-refractivity contribution >= 4 is 11.8 Å². The van der Waals surface area contributed by atoms with Gasteiger partial charge in [0.1, 0.15) is 0 Å². The molecule has 0 saturated carbocycles. The van der Waals surface area contributed by atoms with E-state index in [-0.39, 0.29) is 0 Å². The molecule has 0 N–H and O–H groups in total. The average molecular weight is 294 g/mol. The number of benzene rings is 2. The second-order valence-electron chi connectivity index (χ2n) is 5.35. The third kappa shape index (κ3) is 2.91. The molecule has 3 heteroatoms. The van der Waals surface area contributed by atoms with Gasteiger partial charge in [-0.05, 0) is 46.2 Å². The van der Waals surface area contributed by atoms with E-state index in [1.165, 1.54) is 27.8 Å². The lowest BCUT2D eigenvalue weighted by molar-refractivity contribution is 0.417. The fourth-order valence-electron chi connectivity index (χ4n) is 2.89. The number of hydrogen-bond acceptors (Lipinski definition) is 3. The van der Waals surface area contributed by atoms with Crippen LogP contribution >= 0.6 is 11.8 Å². The topological polar surface area (TPSA) is 27.0 Å². The van der Waals surface area contributed by atoms with Gasteiger partial charge in [-0.25, -0.2) is 0 Å². The van der Waals surface area contributed by atoms with Crippen LogP contribution in [-0.4, -0.2) is 16.9 Å². The first-order chi connectivity index (χ1) is 10.3. The van der Waals surface area contributed by atoms with E-state index in [1.807, 2.05) is 22.7 Å². The SMILES string of the molecule is CSCCc1cc2c(c(-c3ccccc3)c1)CN(C#N)C2. The third-order valence-corrected chi connectivity index (χ3v) is 4.55. The molecular formula is C18H18N2S. The highest BCUT2D eigenvalue weighted by Crippen LogP contribution is 2.34. The van der Waals surface area contributed by atoms with E-state index < -0.39 is 0 Å². The first-order valence-electron chi connectivity index (χ1n) is 7.15. The number of rotatable bonds is 4. The molecule has 0 saturated heterocycles. The van der Waals surface area contributed by atoms with Crippen molar-refractivity contribution in [3.63, 3.8) is 0 Å². The molecule has 0 fully saturated rings. The van der Waals surface area contributed by atoms with Crippen LogP contribution in [0.15, 0.2) is 42.5 Å². The second kappa shape index (κ2) is 6.24. The maximum atomic E-state index is 9.18. The fraction of sp³-hybridized carbons (Fsp3) is 0.278. The Hall–Kier alpha value is -1.92. The molecule has 3 rings (SSSR count). The summed E-state index contributed by atoms with van der Waals surface area (Å²) in [4.78, 5) is 1.83. The second-order valence-corrected chi connectivity index (χ2v) is 6.33. The lowest BCUT2D eigenvalue weighted by atomic mass is 9.94. The van der Waals surface area contributed by atoms with Gasteiger partial charge in [0.25, 0.3) is 0 Å². The zero-order valence-corrected chi connectivity index (χ0v) is 13.0. The Bertz CT molecular complexity index is 674. The minimum Gasteiger partial charge on any atom is -0.302 e. The molecule has 1 heterocycles. The maximum Gasteiger partial charge on any atom is 0.179 e. The van der Waals surface area contributed by atoms with Crippen molar-refractivity contribution in [3.8, 4) is 17.3 Å². The molecule has 106 valence electrons. The van der Waals surface area contributed by atoms with Crippen LogP contribution in [0.1, 0.15) is 16.7 Å². The van der Waals surface area contributed by atoms with Gasteiger partial charge in [0, 0.05) is 0 Å². The molecule has 0 unspecified atom stereocenters. The van der Waals surface area contributed by atoms with Crippen LogP contribution < -0.4 is 0 Å². The van der Waals surface area contributed by atoms with Crippen LogP contribution in [0, 0.1) is 11.5 Å². The van der Waals surface area contributed by atoms with Gasteiger partial charge in [0.15, 0.2) is 6.19 Å². The molecule has 0 spiro atoms. The Morgan fingerprint density at radius 1 is 1.19 bits per heavy atom. The molecule has 0 bridgehead atoms. The van der Waals surface area contributed by atoms with Gasteiger partial charge < -0.3 is 4.90 Å². The summed E-state index contributed by atoms with van der Waals surface area (Å²) in [6.07, 6.45) is 5.51. The van der Waals surface area contributed by atoms with Gasteiger partial charge in [0.2, 0.25) is 0 Å². The molecule has 2 aromatic rings. The minimum absolute atomic E-state index is 0.735. The summed E-state index contributed by atoms with van der Waals surface area (Å²) in [5.74, 6) is 1.13.